The summed E-state index contributed by atoms with van der Waals surface area (Å²) in [6, 6.07) is 11.5. The number of carbonyl (C=O) groups excluding carboxylic acids is 1. The third-order valence-electron chi connectivity index (χ3n) is 3.99. The van der Waals surface area contributed by atoms with Crippen LogP contribution >= 0.6 is 0 Å². The summed E-state index contributed by atoms with van der Waals surface area (Å²) < 4.78 is 11.1. The number of ether oxygens (including phenoxy) is 2. The number of morpholine rings is 1. The molecule has 24 heavy (non-hydrogen) atoms. The van der Waals surface area contributed by atoms with E-state index in [9.17, 15) is 4.79 Å². The molecular weight excluding hydrogens is 304 g/mol. The van der Waals surface area contributed by atoms with Crippen molar-refractivity contribution in [3.63, 3.8) is 0 Å². The van der Waals surface area contributed by atoms with E-state index in [1.807, 2.05) is 31.2 Å². The summed E-state index contributed by atoms with van der Waals surface area (Å²) in [5, 5.41) is 3.32. The van der Waals surface area contributed by atoms with Gasteiger partial charge in [0.05, 0.1) is 19.3 Å². The molecule has 0 aliphatic carbocycles. The Morgan fingerprint density at radius 1 is 1.33 bits per heavy atom. The number of pyridine rings is 1. The first-order chi connectivity index (χ1) is 11.8. The van der Waals surface area contributed by atoms with Crippen molar-refractivity contribution in [3.8, 4) is 5.88 Å². The minimum atomic E-state index is 0.0571. The SMILES string of the molecule is CCOc1cc(C(=O)Cc2ccc(C3CNCCO3)cc2)ccn1. The topological polar surface area (TPSA) is 60.5 Å². The number of rotatable bonds is 6. The van der Waals surface area contributed by atoms with E-state index in [1.54, 1.807) is 18.3 Å². The van der Waals surface area contributed by atoms with Gasteiger partial charge in [-0.05, 0) is 24.1 Å². The Hall–Kier alpha value is -2.24. The first kappa shape index (κ1) is 16.6. The fourth-order valence-electron chi connectivity index (χ4n) is 2.73. The molecule has 1 aromatic carbocycles. The van der Waals surface area contributed by atoms with Gasteiger partial charge >= 0.3 is 0 Å². The first-order valence-electron chi connectivity index (χ1n) is 8.29. The Morgan fingerprint density at radius 2 is 2.17 bits per heavy atom. The minimum Gasteiger partial charge on any atom is -0.478 e. The highest BCUT2D eigenvalue weighted by molar-refractivity contribution is 5.97. The Labute approximate surface area is 142 Å². The number of ketones is 1. The van der Waals surface area contributed by atoms with Crippen LogP contribution < -0.4 is 10.1 Å². The van der Waals surface area contributed by atoms with Crippen LogP contribution in [0.4, 0.5) is 0 Å². The lowest BCUT2D eigenvalue weighted by Crippen LogP contribution is -2.33. The van der Waals surface area contributed by atoms with Gasteiger partial charge in [0.1, 0.15) is 0 Å². The molecule has 1 aliphatic heterocycles. The smallest absolute Gasteiger partial charge is 0.213 e. The summed E-state index contributed by atoms with van der Waals surface area (Å²) in [7, 11) is 0. The molecular formula is C19H22N2O3. The molecule has 3 rings (SSSR count). The molecule has 2 aromatic rings. The Balaban J connectivity index is 1.64. The number of nitrogens with one attached hydrogen (secondary N) is 1. The van der Waals surface area contributed by atoms with E-state index in [4.69, 9.17) is 9.47 Å². The fraction of sp³-hybridized carbons (Fsp3) is 0.368. The third kappa shape index (κ3) is 4.19. The van der Waals surface area contributed by atoms with Crippen molar-refractivity contribution in [1.82, 2.24) is 10.3 Å². The monoisotopic (exact) mass is 326 g/mol. The zero-order valence-corrected chi connectivity index (χ0v) is 13.8. The molecule has 1 saturated heterocycles. The Kier molecular flexibility index (Phi) is 5.56. The van der Waals surface area contributed by atoms with Gasteiger partial charge in [0, 0.05) is 37.3 Å². The van der Waals surface area contributed by atoms with Crippen LogP contribution in [0.25, 0.3) is 0 Å². The van der Waals surface area contributed by atoms with Crippen LogP contribution in [0.5, 0.6) is 5.88 Å². The number of nitrogens with zero attached hydrogens (tertiary/aromatic N) is 1. The Bertz CT molecular complexity index is 679. The highest BCUT2D eigenvalue weighted by Crippen LogP contribution is 2.20. The van der Waals surface area contributed by atoms with E-state index in [0.29, 0.717) is 24.5 Å². The Morgan fingerprint density at radius 3 is 2.88 bits per heavy atom. The van der Waals surface area contributed by atoms with Crippen molar-refractivity contribution < 1.29 is 14.3 Å². The van der Waals surface area contributed by atoms with Gasteiger partial charge in [-0.25, -0.2) is 4.98 Å². The van der Waals surface area contributed by atoms with Crippen molar-refractivity contribution in [2.45, 2.75) is 19.4 Å². The highest BCUT2D eigenvalue weighted by Gasteiger charge is 2.15. The number of hydrogen-bond donors (Lipinski definition) is 1. The van der Waals surface area contributed by atoms with Crippen molar-refractivity contribution >= 4 is 5.78 Å². The van der Waals surface area contributed by atoms with Crippen molar-refractivity contribution in [2.24, 2.45) is 0 Å². The lowest BCUT2D eigenvalue weighted by Gasteiger charge is -2.24. The molecule has 1 unspecified atom stereocenters. The number of hydrogen-bond acceptors (Lipinski definition) is 5. The molecule has 2 heterocycles. The van der Waals surface area contributed by atoms with E-state index in [0.717, 1.165) is 30.8 Å². The summed E-state index contributed by atoms with van der Waals surface area (Å²) >= 11 is 0. The summed E-state index contributed by atoms with van der Waals surface area (Å²) in [6.07, 6.45) is 2.06. The van der Waals surface area contributed by atoms with E-state index in [1.165, 1.54) is 0 Å². The summed E-state index contributed by atoms with van der Waals surface area (Å²) in [4.78, 5) is 16.5. The second-order valence-electron chi connectivity index (χ2n) is 5.72. The number of aromatic nitrogens is 1. The van der Waals surface area contributed by atoms with Gasteiger partial charge in [0.2, 0.25) is 5.88 Å². The number of Topliss-reactive ketones (excluding diaryl/α,β-unsaturated/α-hetero) is 1. The maximum absolute atomic E-state index is 12.4. The van der Waals surface area contributed by atoms with Crippen LogP contribution in [0.1, 0.15) is 34.5 Å². The highest BCUT2D eigenvalue weighted by atomic mass is 16.5. The number of carbonyl (C=O) groups is 1. The van der Waals surface area contributed by atoms with Crippen LogP contribution in [0, 0.1) is 0 Å². The molecule has 1 aromatic heterocycles. The van der Waals surface area contributed by atoms with E-state index in [-0.39, 0.29) is 11.9 Å². The maximum atomic E-state index is 12.4. The van der Waals surface area contributed by atoms with Gasteiger partial charge in [-0.2, -0.15) is 0 Å². The van der Waals surface area contributed by atoms with Crippen molar-refractivity contribution in [3.05, 3.63) is 59.3 Å². The predicted molar refractivity (Wildman–Crippen MR) is 91.4 cm³/mol. The van der Waals surface area contributed by atoms with Gasteiger partial charge < -0.3 is 14.8 Å². The second kappa shape index (κ2) is 8.04. The molecule has 5 nitrogen and oxygen atoms in total. The second-order valence-corrected chi connectivity index (χ2v) is 5.72. The molecule has 0 bridgehead atoms. The van der Waals surface area contributed by atoms with Crippen molar-refractivity contribution in [2.75, 3.05) is 26.3 Å². The number of benzene rings is 1. The zero-order valence-electron chi connectivity index (χ0n) is 13.8. The average Bonchev–Trinajstić information content (AvgIpc) is 2.64. The van der Waals surface area contributed by atoms with Crippen LogP contribution in [0.15, 0.2) is 42.6 Å². The zero-order chi connectivity index (χ0) is 16.8. The molecule has 5 heteroatoms. The average molecular weight is 326 g/mol. The van der Waals surface area contributed by atoms with Crippen LogP contribution in [0.2, 0.25) is 0 Å². The summed E-state index contributed by atoms with van der Waals surface area (Å²) in [5.74, 6) is 0.544. The van der Waals surface area contributed by atoms with Gasteiger partial charge in [0.25, 0.3) is 0 Å². The molecule has 0 radical (unpaired) electrons. The van der Waals surface area contributed by atoms with Crippen LogP contribution in [-0.2, 0) is 11.2 Å². The fourth-order valence-corrected chi connectivity index (χ4v) is 2.73. The normalized spacial score (nSPS) is 17.5. The summed E-state index contributed by atoms with van der Waals surface area (Å²) in [6.45, 7) is 4.89. The van der Waals surface area contributed by atoms with Crippen LogP contribution in [-0.4, -0.2) is 37.1 Å². The van der Waals surface area contributed by atoms with Gasteiger partial charge in [-0.15, -0.1) is 0 Å². The predicted octanol–water partition coefficient (Wildman–Crippen LogP) is 2.57. The van der Waals surface area contributed by atoms with E-state index in [2.05, 4.69) is 10.3 Å². The molecule has 1 fully saturated rings. The van der Waals surface area contributed by atoms with E-state index >= 15 is 0 Å². The molecule has 0 saturated carbocycles. The lowest BCUT2D eigenvalue weighted by atomic mass is 10.0. The van der Waals surface area contributed by atoms with Crippen molar-refractivity contribution in [1.29, 1.82) is 0 Å². The minimum absolute atomic E-state index is 0.0571. The standard InChI is InChI=1S/C19H22N2O3/c1-2-23-19-12-16(7-8-21-19)17(22)11-14-3-5-15(6-4-14)18-13-20-9-10-24-18/h3-8,12,18,20H,2,9-11,13H2,1H3. The van der Waals surface area contributed by atoms with E-state index < -0.39 is 0 Å². The molecule has 0 spiro atoms. The van der Waals surface area contributed by atoms with Crippen LogP contribution in [0.3, 0.4) is 0 Å². The largest absolute Gasteiger partial charge is 0.478 e. The molecule has 1 N–H and O–H groups in total. The third-order valence-corrected chi connectivity index (χ3v) is 3.99. The summed E-state index contributed by atoms with van der Waals surface area (Å²) in [5.41, 5.74) is 2.75. The molecule has 1 atom stereocenters. The maximum Gasteiger partial charge on any atom is 0.213 e. The quantitative estimate of drug-likeness (QED) is 0.827. The molecule has 1 aliphatic rings. The molecule has 126 valence electrons. The first-order valence-corrected chi connectivity index (χ1v) is 8.29. The van der Waals surface area contributed by atoms with Gasteiger partial charge in [0.15, 0.2) is 5.78 Å². The lowest BCUT2D eigenvalue weighted by molar-refractivity contribution is 0.0277. The van der Waals surface area contributed by atoms with Gasteiger partial charge in [-0.3, -0.25) is 4.79 Å². The molecule has 0 amide bonds. The van der Waals surface area contributed by atoms with Gasteiger partial charge in [-0.1, -0.05) is 24.3 Å².